The van der Waals surface area contributed by atoms with Crippen molar-refractivity contribution in [2.75, 3.05) is 33.4 Å². The minimum absolute atomic E-state index is 0.175. The van der Waals surface area contributed by atoms with E-state index in [1.807, 2.05) is 4.90 Å². The maximum Gasteiger partial charge on any atom is 0.123 e. The van der Waals surface area contributed by atoms with Gasteiger partial charge in [-0.3, -0.25) is 4.90 Å². The minimum Gasteiger partial charge on any atom is -0.491 e. The zero-order valence-electron chi connectivity index (χ0n) is 14.2. The molecule has 2 aromatic carbocycles. The molecule has 0 aliphatic heterocycles. The van der Waals surface area contributed by atoms with Crippen LogP contribution in [0.2, 0.25) is 5.02 Å². The van der Waals surface area contributed by atoms with Gasteiger partial charge in [-0.1, -0.05) is 23.7 Å². The van der Waals surface area contributed by atoms with Crippen LogP contribution in [0, 0.1) is 5.82 Å². The fourth-order valence-corrected chi connectivity index (χ4v) is 2.50. The summed E-state index contributed by atoms with van der Waals surface area (Å²) >= 11 is 5.83. The topological polar surface area (TPSA) is 41.9 Å². The van der Waals surface area contributed by atoms with Crippen molar-refractivity contribution in [3.63, 3.8) is 0 Å². The summed E-state index contributed by atoms with van der Waals surface area (Å²) < 4.78 is 23.7. The Hall–Kier alpha value is -1.66. The van der Waals surface area contributed by atoms with Crippen LogP contribution in [0.3, 0.4) is 0 Å². The van der Waals surface area contributed by atoms with E-state index in [-0.39, 0.29) is 12.4 Å². The lowest BCUT2D eigenvalue weighted by molar-refractivity contribution is 0.0542. The molecule has 0 radical (unpaired) electrons. The third-order valence-electron chi connectivity index (χ3n) is 3.66. The van der Waals surface area contributed by atoms with Crippen molar-refractivity contribution >= 4 is 11.6 Å². The predicted molar refractivity (Wildman–Crippen MR) is 96.5 cm³/mol. The van der Waals surface area contributed by atoms with Crippen molar-refractivity contribution < 1.29 is 19.0 Å². The van der Waals surface area contributed by atoms with Crippen molar-refractivity contribution in [2.45, 2.75) is 12.6 Å². The van der Waals surface area contributed by atoms with E-state index in [9.17, 15) is 9.50 Å². The molecular weight excluding hydrogens is 345 g/mol. The van der Waals surface area contributed by atoms with Crippen LogP contribution in [0.25, 0.3) is 0 Å². The Kier molecular flexibility index (Phi) is 8.15. The second-order valence-corrected chi connectivity index (χ2v) is 6.21. The third-order valence-corrected chi connectivity index (χ3v) is 3.91. The second-order valence-electron chi connectivity index (χ2n) is 5.77. The second kappa shape index (κ2) is 10.4. The molecule has 2 rings (SSSR count). The van der Waals surface area contributed by atoms with E-state index in [1.54, 1.807) is 43.5 Å². The Morgan fingerprint density at radius 2 is 1.80 bits per heavy atom. The van der Waals surface area contributed by atoms with Gasteiger partial charge in [-0.05, 0) is 42.0 Å². The normalized spacial score (nSPS) is 12.4. The van der Waals surface area contributed by atoms with Gasteiger partial charge in [0.05, 0.1) is 6.61 Å². The Morgan fingerprint density at radius 3 is 2.44 bits per heavy atom. The zero-order chi connectivity index (χ0) is 18.1. The molecule has 0 saturated carbocycles. The van der Waals surface area contributed by atoms with Gasteiger partial charge in [0, 0.05) is 31.8 Å². The molecule has 136 valence electrons. The number of nitrogens with zero attached hydrogens (tertiary/aromatic N) is 1. The molecule has 0 unspecified atom stereocenters. The Bertz CT molecular complexity index is 622. The molecule has 2 aromatic rings. The highest BCUT2D eigenvalue weighted by atomic mass is 35.5. The van der Waals surface area contributed by atoms with Gasteiger partial charge in [-0.25, -0.2) is 4.39 Å². The Morgan fingerprint density at radius 1 is 1.12 bits per heavy atom. The van der Waals surface area contributed by atoms with E-state index in [2.05, 4.69) is 0 Å². The van der Waals surface area contributed by atoms with Gasteiger partial charge in [0.2, 0.25) is 0 Å². The van der Waals surface area contributed by atoms with Gasteiger partial charge in [0.1, 0.15) is 24.3 Å². The molecule has 6 heteroatoms. The predicted octanol–water partition coefficient (Wildman–Crippen LogP) is 3.37. The van der Waals surface area contributed by atoms with Gasteiger partial charge < -0.3 is 14.6 Å². The minimum atomic E-state index is -0.659. The number of aliphatic hydroxyl groups excluding tert-OH is 1. The summed E-state index contributed by atoms with van der Waals surface area (Å²) in [6.07, 6.45) is -0.659. The summed E-state index contributed by atoms with van der Waals surface area (Å²) in [5.74, 6) is 0.397. The number of methoxy groups -OCH3 is 1. The molecule has 0 aliphatic carbocycles. The lowest BCUT2D eigenvalue weighted by Crippen LogP contribution is -2.37. The van der Waals surface area contributed by atoms with Crippen LogP contribution in [-0.4, -0.2) is 49.5 Å². The van der Waals surface area contributed by atoms with Crippen molar-refractivity contribution in [3.8, 4) is 5.75 Å². The summed E-state index contributed by atoms with van der Waals surface area (Å²) in [6, 6.07) is 13.4. The number of hydrogen-bond donors (Lipinski definition) is 1. The van der Waals surface area contributed by atoms with Crippen molar-refractivity contribution in [1.29, 1.82) is 0 Å². The highest BCUT2D eigenvalue weighted by Crippen LogP contribution is 2.16. The lowest BCUT2D eigenvalue weighted by atomic mass is 10.2. The van der Waals surface area contributed by atoms with E-state index in [0.717, 1.165) is 5.56 Å². The number of halogens is 2. The molecule has 0 fully saturated rings. The van der Waals surface area contributed by atoms with Crippen LogP contribution in [-0.2, 0) is 11.3 Å². The van der Waals surface area contributed by atoms with Crippen LogP contribution in [0.5, 0.6) is 5.75 Å². The number of aliphatic hydroxyl groups is 1. The largest absolute Gasteiger partial charge is 0.491 e. The van der Waals surface area contributed by atoms with E-state index in [0.29, 0.717) is 37.0 Å². The highest BCUT2D eigenvalue weighted by Gasteiger charge is 2.13. The molecule has 0 aromatic heterocycles. The van der Waals surface area contributed by atoms with E-state index in [1.165, 1.54) is 12.1 Å². The van der Waals surface area contributed by atoms with E-state index >= 15 is 0 Å². The molecule has 0 saturated heterocycles. The van der Waals surface area contributed by atoms with Gasteiger partial charge >= 0.3 is 0 Å². The first kappa shape index (κ1) is 19.7. The summed E-state index contributed by atoms with van der Waals surface area (Å²) in [6.45, 7) is 2.41. The smallest absolute Gasteiger partial charge is 0.123 e. The number of rotatable bonds is 10. The van der Waals surface area contributed by atoms with Crippen LogP contribution >= 0.6 is 11.6 Å². The lowest BCUT2D eigenvalue weighted by Gasteiger charge is -2.25. The molecule has 4 nitrogen and oxygen atoms in total. The quantitative estimate of drug-likeness (QED) is 0.699. The molecule has 1 N–H and O–H groups in total. The van der Waals surface area contributed by atoms with Crippen LogP contribution in [0.4, 0.5) is 4.39 Å². The molecule has 0 bridgehead atoms. The van der Waals surface area contributed by atoms with Gasteiger partial charge in [0.15, 0.2) is 0 Å². The maximum atomic E-state index is 13.0. The first-order valence-electron chi connectivity index (χ1n) is 8.09. The van der Waals surface area contributed by atoms with E-state index < -0.39 is 6.10 Å². The maximum absolute atomic E-state index is 13.0. The molecule has 1 atom stereocenters. The van der Waals surface area contributed by atoms with Crippen LogP contribution in [0.1, 0.15) is 5.56 Å². The highest BCUT2D eigenvalue weighted by molar-refractivity contribution is 6.30. The SMILES string of the molecule is COCCN(Cc1ccc(F)cc1)C[C@H](O)COc1ccc(Cl)cc1. The first-order chi connectivity index (χ1) is 12.1. The third kappa shape index (κ3) is 7.40. The average Bonchev–Trinajstić information content (AvgIpc) is 2.61. The van der Waals surface area contributed by atoms with Gasteiger partial charge in [-0.15, -0.1) is 0 Å². The first-order valence-corrected chi connectivity index (χ1v) is 8.47. The van der Waals surface area contributed by atoms with Crippen LogP contribution in [0.15, 0.2) is 48.5 Å². The Balaban J connectivity index is 1.86. The standard InChI is InChI=1S/C19H23ClFNO3/c1-24-11-10-22(12-15-2-6-17(21)7-3-15)13-18(23)14-25-19-8-4-16(20)5-9-19/h2-9,18,23H,10-14H2,1H3/t18-/m0/s1. The molecular formula is C19H23ClFNO3. The zero-order valence-corrected chi connectivity index (χ0v) is 15.0. The van der Waals surface area contributed by atoms with Crippen LogP contribution < -0.4 is 4.74 Å². The van der Waals surface area contributed by atoms with E-state index in [4.69, 9.17) is 21.1 Å². The summed E-state index contributed by atoms with van der Waals surface area (Å²) in [5.41, 5.74) is 0.975. The Labute approximate surface area is 152 Å². The molecule has 25 heavy (non-hydrogen) atoms. The summed E-state index contributed by atoms with van der Waals surface area (Å²) in [7, 11) is 1.64. The number of ether oxygens (including phenoxy) is 2. The fraction of sp³-hybridized carbons (Fsp3) is 0.368. The monoisotopic (exact) mass is 367 g/mol. The molecule has 0 amide bonds. The number of hydrogen-bond acceptors (Lipinski definition) is 4. The summed E-state index contributed by atoms with van der Waals surface area (Å²) in [4.78, 5) is 2.05. The van der Waals surface area contributed by atoms with Crippen molar-refractivity contribution in [2.24, 2.45) is 0 Å². The van der Waals surface area contributed by atoms with Crippen molar-refractivity contribution in [3.05, 3.63) is 64.9 Å². The molecule has 0 spiro atoms. The molecule has 0 aliphatic rings. The summed E-state index contributed by atoms with van der Waals surface area (Å²) in [5, 5.41) is 10.9. The van der Waals surface area contributed by atoms with Gasteiger partial charge in [0.25, 0.3) is 0 Å². The average molecular weight is 368 g/mol. The molecule has 0 heterocycles. The van der Waals surface area contributed by atoms with Gasteiger partial charge in [-0.2, -0.15) is 0 Å². The number of benzene rings is 2. The fourth-order valence-electron chi connectivity index (χ4n) is 2.38. The van der Waals surface area contributed by atoms with Crippen molar-refractivity contribution in [1.82, 2.24) is 4.90 Å².